The summed E-state index contributed by atoms with van der Waals surface area (Å²) < 4.78 is 5.48. The number of nitrogens with one attached hydrogen (secondary N) is 2. The third kappa shape index (κ3) is 6.33. The molecule has 0 aliphatic heterocycles. The van der Waals surface area contributed by atoms with Crippen LogP contribution >= 0.6 is 0 Å². The summed E-state index contributed by atoms with van der Waals surface area (Å²) in [6.45, 7) is 7.93. The largest absolute Gasteiger partial charge is 0.481 e. The van der Waals surface area contributed by atoms with Crippen LogP contribution in [0.1, 0.15) is 26.3 Å². The standard InChI is InChI=1S/C17H24N2O2/c1-5-12-21-15-9-7-6-8-14(15)13-18-10-11-19-16(20)17(2,3)4/h1,6-9,18H,10-13H2,2-4H3,(H,19,20). The van der Waals surface area contributed by atoms with Gasteiger partial charge in [0, 0.05) is 30.6 Å². The molecular formula is C17H24N2O2. The molecule has 21 heavy (non-hydrogen) atoms. The van der Waals surface area contributed by atoms with E-state index in [1.807, 2.05) is 45.0 Å². The average molecular weight is 288 g/mol. The first kappa shape index (κ1) is 17.1. The summed E-state index contributed by atoms with van der Waals surface area (Å²) in [6, 6.07) is 7.77. The van der Waals surface area contributed by atoms with Crippen molar-refractivity contribution < 1.29 is 9.53 Å². The van der Waals surface area contributed by atoms with Gasteiger partial charge in [-0.3, -0.25) is 4.79 Å². The zero-order valence-corrected chi connectivity index (χ0v) is 13.0. The summed E-state index contributed by atoms with van der Waals surface area (Å²) in [7, 11) is 0. The summed E-state index contributed by atoms with van der Waals surface area (Å²) >= 11 is 0. The van der Waals surface area contributed by atoms with E-state index in [2.05, 4.69) is 16.6 Å². The fourth-order valence-electron chi connectivity index (χ4n) is 1.66. The third-order valence-corrected chi connectivity index (χ3v) is 2.87. The number of benzene rings is 1. The summed E-state index contributed by atoms with van der Waals surface area (Å²) in [5.74, 6) is 3.31. The van der Waals surface area contributed by atoms with E-state index in [9.17, 15) is 4.79 Å². The van der Waals surface area contributed by atoms with Crippen LogP contribution in [0.25, 0.3) is 0 Å². The number of terminal acetylenes is 1. The zero-order valence-electron chi connectivity index (χ0n) is 13.0. The molecule has 1 aromatic rings. The van der Waals surface area contributed by atoms with Crippen molar-refractivity contribution in [1.82, 2.24) is 10.6 Å². The van der Waals surface area contributed by atoms with Gasteiger partial charge in [0.15, 0.2) is 0 Å². The Morgan fingerprint density at radius 1 is 1.29 bits per heavy atom. The number of rotatable bonds is 7. The highest BCUT2D eigenvalue weighted by atomic mass is 16.5. The second kappa shape index (κ2) is 8.33. The predicted octanol–water partition coefficient (Wildman–Crippen LogP) is 1.95. The first-order valence-corrected chi connectivity index (χ1v) is 7.08. The molecule has 0 aliphatic rings. The lowest BCUT2D eigenvalue weighted by Crippen LogP contribution is -2.38. The van der Waals surface area contributed by atoms with Crippen molar-refractivity contribution in [3.05, 3.63) is 29.8 Å². The van der Waals surface area contributed by atoms with Crippen LogP contribution < -0.4 is 15.4 Å². The summed E-state index contributed by atoms with van der Waals surface area (Å²) in [5, 5.41) is 6.18. The predicted molar refractivity (Wildman–Crippen MR) is 84.9 cm³/mol. The Balaban J connectivity index is 2.33. The normalized spacial score (nSPS) is 10.8. The lowest BCUT2D eigenvalue weighted by atomic mass is 9.96. The Kier molecular flexibility index (Phi) is 6.77. The number of ether oxygens (including phenoxy) is 1. The Bertz CT molecular complexity index is 498. The molecular weight excluding hydrogens is 264 g/mol. The van der Waals surface area contributed by atoms with Crippen LogP contribution in [-0.2, 0) is 11.3 Å². The molecule has 0 heterocycles. The smallest absolute Gasteiger partial charge is 0.225 e. The Hall–Kier alpha value is -1.99. The molecule has 0 radical (unpaired) electrons. The molecule has 114 valence electrons. The topological polar surface area (TPSA) is 50.4 Å². The van der Waals surface area contributed by atoms with Gasteiger partial charge >= 0.3 is 0 Å². The minimum Gasteiger partial charge on any atom is -0.481 e. The molecule has 1 aromatic carbocycles. The van der Waals surface area contributed by atoms with Gasteiger partial charge in [0.2, 0.25) is 5.91 Å². The first-order valence-electron chi connectivity index (χ1n) is 7.08. The fraction of sp³-hybridized carbons (Fsp3) is 0.471. The maximum absolute atomic E-state index is 11.7. The Labute approximate surface area is 127 Å². The molecule has 0 saturated carbocycles. The fourth-order valence-corrected chi connectivity index (χ4v) is 1.66. The van der Waals surface area contributed by atoms with Crippen molar-refractivity contribution in [2.24, 2.45) is 5.41 Å². The monoisotopic (exact) mass is 288 g/mol. The van der Waals surface area contributed by atoms with E-state index in [0.29, 0.717) is 19.6 Å². The van der Waals surface area contributed by atoms with Gasteiger partial charge < -0.3 is 15.4 Å². The van der Waals surface area contributed by atoms with Crippen LogP contribution in [0.5, 0.6) is 5.75 Å². The van der Waals surface area contributed by atoms with Crippen molar-refractivity contribution in [3.63, 3.8) is 0 Å². The number of hydrogen-bond acceptors (Lipinski definition) is 3. The molecule has 1 rings (SSSR count). The lowest BCUT2D eigenvalue weighted by Gasteiger charge is -2.17. The molecule has 4 nitrogen and oxygen atoms in total. The summed E-state index contributed by atoms with van der Waals surface area (Å²) in [5.41, 5.74) is 0.699. The van der Waals surface area contributed by atoms with Crippen LogP contribution in [0.15, 0.2) is 24.3 Å². The van der Waals surface area contributed by atoms with Gasteiger partial charge in [-0.05, 0) is 6.07 Å². The molecule has 4 heteroatoms. The first-order chi connectivity index (χ1) is 9.95. The van der Waals surface area contributed by atoms with Gasteiger partial charge in [0.25, 0.3) is 0 Å². The highest BCUT2D eigenvalue weighted by Gasteiger charge is 2.20. The van der Waals surface area contributed by atoms with Gasteiger partial charge in [-0.25, -0.2) is 0 Å². The molecule has 0 aromatic heterocycles. The van der Waals surface area contributed by atoms with E-state index in [4.69, 9.17) is 11.2 Å². The second-order valence-electron chi connectivity index (χ2n) is 5.78. The maximum Gasteiger partial charge on any atom is 0.225 e. The minimum absolute atomic E-state index is 0.0575. The van der Waals surface area contributed by atoms with Crippen molar-refractivity contribution in [2.45, 2.75) is 27.3 Å². The van der Waals surface area contributed by atoms with Gasteiger partial charge in [-0.15, -0.1) is 6.42 Å². The quantitative estimate of drug-likeness (QED) is 0.595. The van der Waals surface area contributed by atoms with Crippen molar-refractivity contribution in [3.8, 4) is 18.1 Å². The van der Waals surface area contributed by atoms with Crippen molar-refractivity contribution >= 4 is 5.91 Å². The SMILES string of the molecule is C#CCOc1ccccc1CNCCNC(=O)C(C)(C)C. The van der Waals surface area contributed by atoms with Crippen LogP contribution in [-0.4, -0.2) is 25.6 Å². The van der Waals surface area contributed by atoms with E-state index >= 15 is 0 Å². The van der Waals surface area contributed by atoms with Gasteiger partial charge in [0.1, 0.15) is 12.4 Å². The van der Waals surface area contributed by atoms with Crippen molar-refractivity contribution in [1.29, 1.82) is 0 Å². The molecule has 0 bridgehead atoms. The summed E-state index contributed by atoms with van der Waals surface area (Å²) in [6.07, 6.45) is 5.20. The molecule has 1 amide bonds. The number of carbonyl (C=O) groups is 1. The third-order valence-electron chi connectivity index (χ3n) is 2.87. The highest BCUT2D eigenvalue weighted by Crippen LogP contribution is 2.17. The Morgan fingerprint density at radius 2 is 2.00 bits per heavy atom. The number of para-hydroxylation sites is 1. The Morgan fingerprint density at radius 3 is 2.67 bits per heavy atom. The van der Waals surface area contributed by atoms with E-state index in [0.717, 1.165) is 11.3 Å². The van der Waals surface area contributed by atoms with Gasteiger partial charge in [-0.1, -0.05) is 44.9 Å². The van der Waals surface area contributed by atoms with E-state index in [-0.39, 0.29) is 17.9 Å². The average Bonchev–Trinajstić information content (AvgIpc) is 2.44. The molecule has 0 atom stereocenters. The number of hydrogen-bond donors (Lipinski definition) is 2. The van der Waals surface area contributed by atoms with E-state index in [1.165, 1.54) is 0 Å². The van der Waals surface area contributed by atoms with E-state index in [1.54, 1.807) is 0 Å². The maximum atomic E-state index is 11.7. The molecule has 0 saturated heterocycles. The van der Waals surface area contributed by atoms with E-state index < -0.39 is 0 Å². The van der Waals surface area contributed by atoms with Gasteiger partial charge in [0.05, 0.1) is 0 Å². The molecule has 2 N–H and O–H groups in total. The van der Waals surface area contributed by atoms with Crippen LogP contribution in [0.2, 0.25) is 0 Å². The molecule has 0 aliphatic carbocycles. The van der Waals surface area contributed by atoms with Gasteiger partial charge in [-0.2, -0.15) is 0 Å². The van der Waals surface area contributed by atoms with Crippen LogP contribution in [0.4, 0.5) is 0 Å². The number of amides is 1. The second-order valence-corrected chi connectivity index (χ2v) is 5.78. The summed E-state index contributed by atoms with van der Waals surface area (Å²) in [4.78, 5) is 11.7. The van der Waals surface area contributed by atoms with Crippen LogP contribution in [0, 0.1) is 17.8 Å². The molecule has 0 spiro atoms. The molecule has 0 unspecified atom stereocenters. The molecule has 0 fully saturated rings. The van der Waals surface area contributed by atoms with Crippen LogP contribution in [0.3, 0.4) is 0 Å². The number of carbonyl (C=O) groups excluding carboxylic acids is 1. The zero-order chi connectivity index (χ0) is 15.7. The lowest BCUT2D eigenvalue weighted by molar-refractivity contribution is -0.128. The highest BCUT2D eigenvalue weighted by molar-refractivity contribution is 5.81. The van der Waals surface area contributed by atoms with Crippen molar-refractivity contribution in [2.75, 3.05) is 19.7 Å². The minimum atomic E-state index is -0.352.